The van der Waals surface area contributed by atoms with E-state index in [2.05, 4.69) is 10.6 Å². The van der Waals surface area contributed by atoms with E-state index in [1.165, 1.54) is 4.90 Å². The molecule has 2 bridgehead atoms. The Morgan fingerprint density at radius 1 is 1.31 bits per heavy atom. The number of hydrogen-bond donors (Lipinski definition) is 3. The Morgan fingerprint density at radius 2 is 2.03 bits per heavy atom. The number of benzene rings is 1. The fourth-order valence-electron chi connectivity index (χ4n) is 5.75. The highest BCUT2D eigenvalue weighted by molar-refractivity contribution is 6.33. The van der Waals surface area contributed by atoms with E-state index < -0.39 is 41.0 Å². The smallest absolute Gasteiger partial charge is 0.250 e. The van der Waals surface area contributed by atoms with Gasteiger partial charge in [0.15, 0.2) is 0 Å². The van der Waals surface area contributed by atoms with E-state index in [-0.39, 0.29) is 18.4 Å². The van der Waals surface area contributed by atoms with Gasteiger partial charge < -0.3 is 25.4 Å². The molecule has 3 aliphatic heterocycles. The monoisotopic (exact) mass is 463 g/mol. The summed E-state index contributed by atoms with van der Waals surface area (Å²) in [4.78, 5) is 41.8. The Bertz CT molecular complexity index is 942. The second-order valence-corrected chi connectivity index (χ2v) is 9.67. The van der Waals surface area contributed by atoms with E-state index in [4.69, 9.17) is 16.3 Å². The molecule has 174 valence electrons. The van der Waals surface area contributed by atoms with Gasteiger partial charge in [0.05, 0.1) is 40.8 Å². The van der Waals surface area contributed by atoms with Crippen molar-refractivity contribution in [2.45, 2.75) is 63.3 Å². The van der Waals surface area contributed by atoms with Crippen LogP contribution in [0.1, 0.15) is 40.0 Å². The molecule has 0 radical (unpaired) electrons. The zero-order valence-corrected chi connectivity index (χ0v) is 19.3. The molecular formula is C23H30ClN3O5. The van der Waals surface area contributed by atoms with Crippen molar-refractivity contribution in [3.63, 3.8) is 0 Å². The van der Waals surface area contributed by atoms with E-state index in [0.717, 1.165) is 6.42 Å². The molecule has 1 aromatic carbocycles. The Labute approximate surface area is 192 Å². The number of carbonyl (C=O) groups excluding carboxylic acids is 3. The van der Waals surface area contributed by atoms with E-state index in [9.17, 15) is 19.5 Å². The summed E-state index contributed by atoms with van der Waals surface area (Å²) < 4.78 is 6.48. The molecule has 0 aliphatic carbocycles. The highest BCUT2D eigenvalue weighted by Gasteiger charge is 2.78. The molecule has 0 aromatic heterocycles. The summed E-state index contributed by atoms with van der Waals surface area (Å²) in [6.07, 6.45) is 1.82. The molecule has 1 spiro atoms. The van der Waals surface area contributed by atoms with Gasteiger partial charge in [-0.3, -0.25) is 14.4 Å². The van der Waals surface area contributed by atoms with Crippen molar-refractivity contribution < 1.29 is 24.2 Å². The first-order chi connectivity index (χ1) is 15.2. The summed E-state index contributed by atoms with van der Waals surface area (Å²) in [6.45, 7) is 5.69. The van der Waals surface area contributed by atoms with Gasteiger partial charge in [-0.25, -0.2) is 0 Å². The molecule has 6 atom stereocenters. The van der Waals surface area contributed by atoms with Gasteiger partial charge in [-0.1, -0.05) is 30.7 Å². The van der Waals surface area contributed by atoms with Crippen molar-refractivity contribution >= 4 is 35.0 Å². The van der Waals surface area contributed by atoms with Crippen molar-refractivity contribution in [3.8, 4) is 0 Å². The highest BCUT2D eigenvalue weighted by Crippen LogP contribution is 2.63. The second kappa shape index (κ2) is 8.32. The van der Waals surface area contributed by atoms with Crippen molar-refractivity contribution in [1.82, 2.24) is 10.2 Å². The number of hydrogen-bond acceptors (Lipinski definition) is 5. The van der Waals surface area contributed by atoms with Crippen LogP contribution < -0.4 is 10.6 Å². The molecule has 3 heterocycles. The van der Waals surface area contributed by atoms with Gasteiger partial charge in [-0.15, -0.1) is 0 Å². The van der Waals surface area contributed by atoms with Crippen LogP contribution in [0, 0.1) is 11.8 Å². The molecule has 3 N–H and O–H groups in total. The standard InChI is InChI=1S/C23H30ClN3O5/c1-4-11-25-19(29)16-17-21(31)27(13(2)12-28)18(23(17)10-9-22(16,3)32-23)20(30)26-15-8-6-5-7-14(15)24/h5-8,13,16-18,28H,4,9-12H2,1-3H3,(H,25,29)(H,26,30)/t13-,16-,17+,18?,22+,23?/m1/s1. The number of nitrogens with zero attached hydrogens (tertiary/aromatic N) is 1. The van der Waals surface area contributed by atoms with Crippen molar-refractivity contribution in [2.24, 2.45) is 11.8 Å². The van der Waals surface area contributed by atoms with Gasteiger partial charge in [0.2, 0.25) is 17.7 Å². The maximum atomic E-state index is 13.7. The van der Waals surface area contributed by atoms with E-state index in [0.29, 0.717) is 30.1 Å². The zero-order valence-electron chi connectivity index (χ0n) is 18.6. The Hall–Kier alpha value is -2.16. The Balaban J connectivity index is 1.74. The molecule has 4 rings (SSSR count). The number of aliphatic hydroxyl groups is 1. The number of fused-ring (bicyclic) bond motifs is 1. The third-order valence-electron chi connectivity index (χ3n) is 7.17. The van der Waals surface area contributed by atoms with Crippen LogP contribution in [0.4, 0.5) is 5.69 Å². The van der Waals surface area contributed by atoms with Crippen LogP contribution in [0.3, 0.4) is 0 Å². The van der Waals surface area contributed by atoms with Crippen molar-refractivity contribution in [1.29, 1.82) is 0 Å². The van der Waals surface area contributed by atoms with Crippen LogP contribution in [0.15, 0.2) is 24.3 Å². The average Bonchev–Trinajstić information content (AvgIpc) is 3.34. The van der Waals surface area contributed by atoms with Crippen molar-refractivity contribution in [3.05, 3.63) is 29.3 Å². The fraction of sp³-hybridized carbons (Fsp3) is 0.609. The summed E-state index contributed by atoms with van der Waals surface area (Å²) in [5, 5.41) is 16.0. The molecule has 1 aromatic rings. The summed E-state index contributed by atoms with van der Waals surface area (Å²) in [6, 6.07) is 5.26. The lowest BCUT2D eigenvalue weighted by molar-refractivity contribution is -0.147. The zero-order chi connectivity index (χ0) is 23.3. The predicted octanol–water partition coefficient (Wildman–Crippen LogP) is 1.95. The number of halogens is 1. The number of nitrogens with one attached hydrogen (secondary N) is 2. The Kier molecular flexibility index (Phi) is 5.98. The van der Waals surface area contributed by atoms with Crippen LogP contribution in [-0.2, 0) is 19.1 Å². The molecule has 3 amide bonds. The lowest BCUT2D eigenvalue weighted by Gasteiger charge is -2.35. The van der Waals surface area contributed by atoms with Gasteiger partial charge in [-0.05, 0) is 45.2 Å². The SMILES string of the molecule is CCCNC(=O)[C@H]1[C@H]2C(=O)N([C@H](C)CO)C(C(=O)Nc3ccccc3Cl)C23CC[C@]1(C)O3. The molecule has 3 aliphatic rings. The minimum atomic E-state index is -1.13. The lowest BCUT2D eigenvalue weighted by atomic mass is 9.66. The molecule has 2 unspecified atom stereocenters. The molecule has 9 heteroatoms. The number of ether oxygens (including phenoxy) is 1. The quantitative estimate of drug-likeness (QED) is 0.572. The second-order valence-electron chi connectivity index (χ2n) is 9.26. The van der Waals surface area contributed by atoms with Gasteiger partial charge in [0.1, 0.15) is 11.6 Å². The summed E-state index contributed by atoms with van der Waals surface area (Å²) >= 11 is 6.23. The number of para-hydroxylation sites is 1. The van der Waals surface area contributed by atoms with Gasteiger partial charge in [0.25, 0.3) is 0 Å². The lowest BCUT2D eigenvalue weighted by Crippen LogP contribution is -2.55. The van der Waals surface area contributed by atoms with Crippen LogP contribution >= 0.6 is 11.6 Å². The average molecular weight is 464 g/mol. The molecular weight excluding hydrogens is 434 g/mol. The maximum absolute atomic E-state index is 13.7. The van der Waals surface area contributed by atoms with Gasteiger partial charge in [0, 0.05) is 6.54 Å². The van der Waals surface area contributed by atoms with Crippen LogP contribution in [0.2, 0.25) is 5.02 Å². The molecule has 3 saturated heterocycles. The predicted molar refractivity (Wildman–Crippen MR) is 119 cm³/mol. The minimum Gasteiger partial charge on any atom is -0.394 e. The third kappa shape index (κ3) is 3.31. The van der Waals surface area contributed by atoms with Gasteiger partial charge >= 0.3 is 0 Å². The Morgan fingerprint density at radius 3 is 2.69 bits per heavy atom. The fourth-order valence-corrected chi connectivity index (χ4v) is 5.93. The van der Waals surface area contributed by atoms with E-state index >= 15 is 0 Å². The summed E-state index contributed by atoms with van der Waals surface area (Å²) in [7, 11) is 0. The minimum absolute atomic E-state index is 0.224. The first kappa shape index (κ1) is 23.0. The summed E-state index contributed by atoms with van der Waals surface area (Å²) in [5.74, 6) is -2.46. The number of carbonyl (C=O) groups is 3. The molecule has 32 heavy (non-hydrogen) atoms. The normalized spacial score (nSPS) is 33.8. The third-order valence-corrected chi connectivity index (χ3v) is 7.49. The number of amides is 3. The first-order valence-electron chi connectivity index (χ1n) is 11.2. The first-order valence-corrected chi connectivity index (χ1v) is 11.5. The molecule has 0 saturated carbocycles. The van der Waals surface area contributed by atoms with Gasteiger partial charge in [-0.2, -0.15) is 0 Å². The van der Waals surface area contributed by atoms with Crippen LogP contribution in [0.25, 0.3) is 0 Å². The summed E-state index contributed by atoms with van der Waals surface area (Å²) in [5.41, 5.74) is -1.52. The number of rotatable bonds is 7. The van der Waals surface area contributed by atoms with E-state index in [1.54, 1.807) is 31.2 Å². The van der Waals surface area contributed by atoms with Crippen LogP contribution in [0.5, 0.6) is 0 Å². The molecule has 8 nitrogen and oxygen atoms in total. The largest absolute Gasteiger partial charge is 0.394 e. The van der Waals surface area contributed by atoms with E-state index in [1.807, 2.05) is 13.8 Å². The topological polar surface area (TPSA) is 108 Å². The highest BCUT2D eigenvalue weighted by atomic mass is 35.5. The van der Waals surface area contributed by atoms with Crippen molar-refractivity contribution in [2.75, 3.05) is 18.5 Å². The number of anilines is 1. The number of aliphatic hydroxyl groups excluding tert-OH is 1. The molecule has 3 fully saturated rings. The number of likely N-dealkylation sites (tertiary alicyclic amines) is 1. The van der Waals surface area contributed by atoms with Crippen LogP contribution in [-0.4, -0.2) is 64.2 Å². The maximum Gasteiger partial charge on any atom is 0.250 e.